The lowest BCUT2D eigenvalue weighted by Crippen LogP contribution is -2.40. The van der Waals surface area contributed by atoms with Crippen molar-refractivity contribution in [3.63, 3.8) is 0 Å². The first kappa shape index (κ1) is 29.2. The second kappa shape index (κ2) is 10.0. The van der Waals surface area contributed by atoms with Crippen molar-refractivity contribution < 1.29 is 13.9 Å². The number of thioether (sulfide) groups is 1. The molecule has 1 aromatic heterocycles. The zero-order valence-electron chi connectivity index (χ0n) is 24.9. The molecule has 1 aliphatic carbocycles. The number of carbonyl (C=O) groups excluding carboxylic acids is 1. The van der Waals surface area contributed by atoms with Crippen LogP contribution in [0.3, 0.4) is 0 Å². The highest BCUT2D eigenvalue weighted by atomic mass is 32.3. The van der Waals surface area contributed by atoms with Gasteiger partial charge < -0.3 is 15.0 Å². The molecule has 0 unspecified atom stereocenters. The Kier molecular flexibility index (Phi) is 7.69. The molecule has 6 nitrogen and oxygen atoms in total. The van der Waals surface area contributed by atoms with E-state index in [-0.39, 0.29) is 23.3 Å². The summed E-state index contributed by atoms with van der Waals surface area (Å²) in [6.45, 7) is 15.9. The van der Waals surface area contributed by atoms with Gasteiger partial charge in [-0.15, -0.1) is 11.8 Å². The highest BCUT2D eigenvalue weighted by Gasteiger charge is 2.44. The minimum Gasteiger partial charge on any atom is -0.395 e. The zero-order chi connectivity index (χ0) is 28.3. The number of amides is 1. The van der Waals surface area contributed by atoms with E-state index in [9.17, 15) is 9.90 Å². The smallest absolute Gasteiger partial charge is 0.240 e. The predicted octanol–water partition coefficient (Wildman–Crippen LogP) is 5.96. The number of allylic oxidation sites excluding steroid dienone is 1. The van der Waals surface area contributed by atoms with Gasteiger partial charge in [0.25, 0.3) is 0 Å². The van der Waals surface area contributed by atoms with E-state index in [0.29, 0.717) is 0 Å². The van der Waals surface area contributed by atoms with Gasteiger partial charge in [-0.1, -0.05) is 20.8 Å². The molecule has 1 saturated carbocycles. The normalized spacial score (nSPS) is 19.2. The SMILES string of the molecule is C[N+]1=C(C(C)(C)CO)C=C(NC(=O)C(C)(C)Sc2ccc3c(c2)nc(CC(C)(C)C)n3CC2CC2)S1(C)C. The van der Waals surface area contributed by atoms with Crippen molar-refractivity contribution in [2.45, 2.75) is 83.9 Å². The molecular formula is C30H47N4O2S2+. The highest BCUT2D eigenvalue weighted by Crippen LogP contribution is 2.52. The topological polar surface area (TPSA) is 70.2 Å². The Morgan fingerprint density at radius 2 is 1.84 bits per heavy atom. The van der Waals surface area contributed by atoms with E-state index < -0.39 is 15.0 Å². The van der Waals surface area contributed by atoms with Crippen molar-refractivity contribution >= 4 is 44.6 Å². The summed E-state index contributed by atoms with van der Waals surface area (Å²) < 4.78 is 3.99. The lowest BCUT2D eigenvalue weighted by molar-refractivity contribution is -0.319. The summed E-state index contributed by atoms with van der Waals surface area (Å²) in [5.41, 5.74) is 3.06. The number of nitrogens with one attached hydrogen (secondary N) is 1. The van der Waals surface area contributed by atoms with E-state index in [4.69, 9.17) is 4.98 Å². The van der Waals surface area contributed by atoms with Crippen LogP contribution in [0.5, 0.6) is 0 Å². The fraction of sp³-hybridized carbons (Fsp3) is 0.633. The number of imidazole rings is 1. The minimum absolute atomic E-state index is 0.0152. The van der Waals surface area contributed by atoms with E-state index >= 15 is 0 Å². The Morgan fingerprint density at radius 3 is 2.42 bits per heavy atom. The second-order valence-corrected chi connectivity index (χ2v) is 19.0. The standard InChI is InChI=1S/C30H46N4O2S2/c1-28(2,3)17-25-31-22-15-21(13-14-23(22)34(25)18-20-11-12-20)37-30(6,7)27(36)32-26-16-24(29(4,5)19-35)33(8)38(26,9)10/h13-16,20,35H,11-12,17-19H2,1-10H3/p+1. The molecule has 2 aromatic rings. The Bertz CT molecular complexity index is 1310. The van der Waals surface area contributed by atoms with Gasteiger partial charge >= 0.3 is 0 Å². The van der Waals surface area contributed by atoms with Crippen molar-refractivity contribution in [3.05, 3.63) is 35.1 Å². The number of aliphatic hydroxyl groups excluding tert-OH is 1. The van der Waals surface area contributed by atoms with Crippen LogP contribution in [0, 0.1) is 16.7 Å². The third-order valence-corrected chi connectivity index (χ3v) is 11.7. The number of aromatic nitrogens is 2. The quantitative estimate of drug-likeness (QED) is 0.294. The van der Waals surface area contributed by atoms with Crippen LogP contribution in [0.1, 0.15) is 67.1 Å². The van der Waals surface area contributed by atoms with Crippen molar-refractivity contribution in [1.29, 1.82) is 0 Å². The maximum Gasteiger partial charge on any atom is 0.240 e. The van der Waals surface area contributed by atoms with Gasteiger partial charge in [0.1, 0.15) is 17.9 Å². The molecule has 1 fully saturated rings. The first-order chi connectivity index (χ1) is 17.4. The molecule has 2 heterocycles. The Hall–Kier alpha value is -1.77. The largest absolute Gasteiger partial charge is 0.395 e. The first-order valence-corrected chi connectivity index (χ1v) is 16.8. The molecular weight excluding hydrogens is 512 g/mol. The summed E-state index contributed by atoms with van der Waals surface area (Å²) in [6, 6.07) is 6.48. The van der Waals surface area contributed by atoms with E-state index in [0.717, 1.165) is 40.0 Å². The molecule has 1 aromatic carbocycles. The Morgan fingerprint density at radius 1 is 1.18 bits per heavy atom. The van der Waals surface area contributed by atoms with Crippen LogP contribution in [-0.2, 0) is 17.8 Å². The molecule has 1 amide bonds. The van der Waals surface area contributed by atoms with Crippen LogP contribution in [0.2, 0.25) is 0 Å². The third-order valence-electron chi connectivity index (χ3n) is 7.70. The van der Waals surface area contributed by atoms with Crippen LogP contribution >= 0.6 is 22.0 Å². The van der Waals surface area contributed by atoms with Crippen LogP contribution in [0.25, 0.3) is 11.0 Å². The van der Waals surface area contributed by atoms with Gasteiger partial charge in [-0.25, -0.2) is 4.98 Å². The lowest BCUT2D eigenvalue weighted by atomic mass is 9.88. The number of benzene rings is 1. The Balaban J connectivity index is 1.55. The van der Waals surface area contributed by atoms with Crippen LogP contribution in [-0.4, -0.2) is 61.2 Å². The van der Waals surface area contributed by atoms with Crippen LogP contribution in [0.4, 0.5) is 0 Å². The number of nitrogens with zero attached hydrogens (tertiary/aromatic N) is 3. The molecule has 1 aliphatic heterocycles. The maximum absolute atomic E-state index is 13.6. The lowest BCUT2D eigenvalue weighted by Gasteiger charge is -2.29. The molecule has 2 N–H and O–H groups in total. The van der Waals surface area contributed by atoms with Gasteiger partial charge in [0.15, 0.2) is 5.71 Å². The molecule has 210 valence electrons. The van der Waals surface area contributed by atoms with Gasteiger partial charge in [0.05, 0.1) is 27.8 Å². The molecule has 8 heteroatoms. The van der Waals surface area contributed by atoms with E-state index in [1.165, 1.54) is 24.2 Å². The number of carbonyl (C=O) groups is 1. The highest BCUT2D eigenvalue weighted by molar-refractivity contribution is 8.31. The van der Waals surface area contributed by atoms with Gasteiger partial charge in [-0.2, -0.15) is 3.98 Å². The monoisotopic (exact) mass is 559 g/mol. The van der Waals surface area contributed by atoms with Crippen molar-refractivity contribution in [3.8, 4) is 0 Å². The third kappa shape index (κ3) is 6.02. The number of rotatable bonds is 9. The van der Waals surface area contributed by atoms with E-state index in [1.54, 1.807) is 11.8 Å². The van der Waals surface area contributed by atoms with Gasteiger partial charge in [-0.05, 0) is 80.3 Å². The van der Waals surface area contributed by atoms with Crippen LogP contribution < -0.4 is 5.32 Å². The molecule has 2 aliphatic rings. The molecule has 0 bridgehead atoms. The minimum atomic E-state index is -1.39. The molecule has 0 atom stereocenters. The van der Waals surface area contributed by atoms with Gasteiger partial charge in [0.2, 0.25) is 5.91 Å². The number of hydrogen-bond acceptors (Lipinski definition) is 4. The van der Waals surface area contributed by atoms with Crippen molar-refractivity contribution in [2.24, 2.45) is 16.7 Å². The van der Waals surface area contributed by atoms with Gasteiger partial charge in [-0.3, -0.25) is 4.79 Å². The average Bonchev–Trinajstić information content (AvgIpc) is 3.51. The number of aliphatic hydroxyl groups is 1. The predicted molar refractivity (Wildman–Crippen MR) is 163 cm³/mol. The van der Waals surface area contributed by atoms with E-state index in [2.05, 4.69) is 78.5 Å². The molecule has 4 rings (SSSR count). The Labute approximate surface area is 234 Å². The maximum atomic E-state index is 13.6. The summed E-state index contributed by atoms with van der Waals surface area (Å²) in [7, 11) is 0.664. The molecule has 0 saturated heterocycles. The summed E-state index contributed by atoms with van der Waals surface area (Å²) in [6.07, 6.45) is 10.0. The van der Waals surface area contributed by atoms with Crippen molar-refractivity contribution in [2.75, 3.05) is 26.2 Å². The van der Waals surface area contributed by atoms with E-state index in [1.807, 2.05) is 27.7 Å². The summed E-state index contributed by atoms with van der Waals surface area (Å²) in [5.74, 6) is 1.93. The average molecular weight is 560 g/mol. The second-order valence-electron chi connectivity index (χ2n) is 13.7. The molecule has 38 heavy (non-hydrogen) atoms. The zero-order valence-corrected chi connectivity index (χ0v) is 26.6. The number of hydrogen-bond donors (Lipinski definition) is 2. The summed E-state index contributed by atoms with van der Waals surface area (Å²) >= 11 is 1.58. The first-order valence-electron chi connectivity index (χ1n) is 13.6. The van der Waals surface area contributed by atoms with Crippen molar-refractivity contribution in [1.82, 2.24) is 14.9 Å². The van der Waals surface area contributed by atoms with Crippen LogP contribution in [0.15, 0.2) is 34.2 Å². The molecule has 0 radical (unpaired) electrons. The summed E-state index contributed by atoms with van der Waals surface area (Å²) in [5, 5.41) is 14.1. The molecule has 0 spiro atoms. The fourth-order valence-corrected chi connectivity index (χ4v) is 7.68. The fourth-order valence-electron chi connectivity index (χ4n) is 4.81. The summed E-state index contributed by atoms with van der Waals surface area (Å²) in [4.78, 5) is 19.7. The number of fused-ring (bicyclic) bond motifs is 1. The van der Waals surface area contributed by atoms with Gasteiger partial charge in [0, 0.05) is 36.4 Å².